The number of hydrogen-bond donors (Lipinski definition) is 1. The van der Waals surface area contributed by atoms with Crippen LogP contribution in [-0.4, -0.2) is 21.7 Å². The molecule has 6 nitrogen and oxygen atoms in total. The van der Waals surface area contributed by atoms with Crippen LogP contribution in [0.5, 0.6) is 0 Å². The third-order valence-electron chi connectivity index (χ3n) is 4.71. The van der Waals surface area contributed by atoms with Crippen molar-refractivity contribution in [3.8, 4) is 0 Å². The van der Waals surface area contributed by atoms with Crippen LogP contribution in [0.4, 0.5) is 13.2 Å². The molecule has 29 heavy (non-hydrogen) atoms. The molecule has 0 saturated carbocycles. The number of hydrazone groups is 1. The van der Waals surface area contributed by atoms with Crippen LogP contribution in [0.15, 0.2) is 52.4 Å². The molecule has 4 rings (SSSR count). The normalized spacial score (nSPS) is 13.8. The second-order valence-electron chi connectivity index (χ2n) is 6.60. The molecule has 1 amide bonds. The van der Waals surface area contributed by atoms with Gasteiger partial charge in [0.05, 0.1) is 22.7 Å². The lowest BCUT2D eigenvalue weighted by molar-refractivity contribution is -0.137. The molecule has 2 heterocycles. The second kappa shape index (κ2) is 7.16. The highest BCUT2D eigenvalue weighted by atomic mass is 19.4. The summed E-state index contributed by atoms with van der Waals surface area (Å²) in [5, 5.41) is 4.05. The largest absolute Gasteiger partial charge is 0.417 e. The maximum Gasteiger partial charge on any atom is 0.417 e. The van der Waals surface area contributed by atoms with E-state index < -0.39 is 17.6 Å². The standard InChI is InChI=1S/C20H15F3N4O2/c21-20(22,23)15-5-2-1-4-13(15)11-24-26-18(28)12-7-8-14-16(10-12)25-17-6-3-9-27(17)19(14)29/h1-2,4-5,7-8,10-11H,3,6,9H2,(H,26,28)/b24-11-. The van der Waals surface area contributed by atoms with Crippen LogP contribution in [0.3, 0.4) is 0 Å². The fourth-order valence-electron chi connectivity index (χ4n) is 3.32. The van der Waals surface area contributed by atoms with Gasteiger partial charge in [-0.1, -0.05) is 18.2 Å². The van der Waals surface area contributed by atoms with Gasteiger partial charge in [0.15, 0.2) is 0 Å². The van der Waals surface area contributed by atoms with E-state index in [2.05, 4.69) is 15.5 Å². The summed E-state index contributed by atoms with van der Waals surface area (Å²) in [5.74, 6) is 0.0666. The summed E-state index contributed by atoms with van der Waals surface area (Å²) < 4.78 is 40.6. The summed E-state index contributed by atoms with van der Waals surface area (Å²) >= 11 is 0. The van der Waals surface area contributed by atoms with Gasteiger partial charge < -0.3 is 0 Å². The summed E-state index contributed by atoms with van der Waals surface area (Å²) in [6.07, 6.45) is -2.03. The van der Waals surface area contributed by atoms with Crippen molar-refractivity contribution in [2.75, 3.05) is 0 Å². The number of nitrogens with zero attached hydrogens (tertiary/aromatic N) is 3. The Bertz CT molecular complexity index is 1200. The summed E-state index contributed by atoms with van der Waals surface area (Å²) in [5.41, 5.74) is 1.67. The first kappa shape index (κ1) is 18.9. The molecule has 0 aliphatic carbocycles. The zero-order valence-electron chi connectivity index (χ0n) is 15.0. The summed E-state index contributed by atoms with van der Waals surface area (Å²) in [7, 11) is 0. The van der Waals surface area contributed by atoms with Crippen LogP contribution in [-0.2, 0) is 19.1 Å². The van der Waals surface area contributed by atoms with Gasteiger partial charge in [-0.25, -0.2) is 10.4 Å². The van der Waals surface area contributed by atoms with E-state index in [1.807, 2.05) is 0 Å². The number of hydrogen-bond acceptors (Lipinski definition) is 4. The Morgan fingerprint density at radius 2 is 2.00 bits per heavy atom. The molecule has 1 aliphatic rings. The van der Waals surface area contributed by atoms with E-state index >= 15 is 0 Å². The number of fused-ring (bicyclic) bond motifs is 2. The highest BCUT2D eigenvalue weighted by Gasteiger charge is 2.32. The number of amides is 1. The van der Waals surface area contributed by atoms with Crippen molar-refractivity contribution in [3.05, 3.63) is 75.3 Å². The maximum atomic E-state index is 13.0. The lowest BCUT2D eigenvalue weighted by Crippen LogP contribution is -2.22. The molecular weight excluding hydrogens is 385 g/mol. The number of aryl methyl sites for hydroxylation is 1. The third-order valence-corrected chi connectivity index (χ3v) is 4.71. The number of alkyl halides is 3. The molecule has 0 atom stereocenters. The van der Waals surface area contributed by atoms with E-state index in [1.54, 1.807) is 4.57 Å². The Balaban J connectivity index is 1.57. The molecule has 9 heteroatoms. The first-order valence-corrected chi connectivity index (χ1v) is 8.88. The average molecular weight is 400 g/mol. The highest BCUT2D eigenvalue weighted by Crippen LogP contribution is 2.31. The van der Waals surface area contributed by atoms with E-state index in [0.717, 1.165) is 18.7 Å². The van der Waals surface area contributed by atoms with Gasteiger partial charge in [0.25, 0.3) is 11.5 Å². The molecule has 2 aromatic carbocycles. The van der Waals surface area contributed by atoms with Crippen molar-refractivity contribution in [1.82, 2.24) is 15.0 Å². The Morgan fingerprint density at radius 3 is 2.79 bits per heavy atom. The number of carbonyl (C=O) groups is 1. The minimum absolute atomic E-state index is 0.142. The van der Waals surface area contributed by atoms with E-state index in [4.69, 9.17) is 0 Å². The Kier molecular flexibility index (Phi) is 4.65. The molecule has 0 unspecified atom stereocenters. The van der Waals surface area contributed by atoms with Gasteiger partial charge in [0.2, 0.25) is 0 Å². The molecule has 1 N–H and O–H groups in total. The molecule has 0 spiro atoms. The fraction of sp³-hybridized carbons (Fsp3) is 0.200. The number of carbonyl (C=O) groups excluding carboxylic acids is 1. The molecule has 0 radical (unpaired) electrons. The fourth-order valence-corrected chi connectivity index (χ4v) is 3.32. The van der Waals surface area contributed by atoms with Gasteiger partial charge in [-0.15, -0.1) is 0 Å². The SMILES string of the molecule is O=C(N/N=C\c1ccccc1C(F)(F)F)c1ccc2c(=O)n3c(nc2c1)CCC3. The molecule has 1 aromatic heterocycles. The molecule has 0 saturated heterocycles. The van der Waals surface area contributed by atoms with E-state index in [9.17, 15) is 22.8 Å². The Morgan fingerprint density at radius 1 is 1.21 bits per heavy atom. The van der Waals surface area contributed by atoms with Crippen molar-refractivity contribution in [2.45, 2.75) is 25.6 Å². The van der Waals surface area contributed by atoms with Crippen LogP contribution in [0.25, 0.3) is 10.9 Å². The molecular formula is C20H15F3N4O2. The predicted octanol–water partition coefficient (Wildman–Crippen LogP) is 3.13. The molecule has 1 aliphatic heterocycles. The number of halogens is 3. The van der Waals surface area contributed by atoms with Gasteiger partial charge in [0, 0.05) is 24.1 Å². The lowest BCUT2D eigenvalue weighted by atomic mass is 10.1. The van der Waals surface area contributed by atoms with Crippen LogP contribution < -0.4 is 11.0 Å². The molecule has 0 bridgehead atoms. The van der Waals surface area contributed by atoms with Crippen molar-refractivity contribution in [2.24, 2.45) is 5.10 Å². The average Bonchev–Trinajstić information content (AvgIpc) is 3.16. The van der Waals surface area contributed by atoms with Crippen LogP contribution in [0.1, 0.15) is 33.7 Å². The molecule has 0 fully saturated rings. The molecule has 148 valence electrons. The van der Waals surface area contributed by atoms with Gasteiger partial charge in [-0.3, -0.25) is 14.2 Å². The van der Waals surface area contributed by atoms with Crippen LogP contribution >= 0.6 is 0 Å². The summed E-state index contributed by atoms with van der Waals surface area (Å²) in [6, 6.07) is 9.38. The van der Waals surface area contributed by atoms with Crippen molar-refractivity contribution < 1.29 is 18.0 Å². The van der Waals surface area contributed by atoms with Crippen molar-refractivity contribution in [3.63, 3.8) is 0 Å². The smallest absolute Gasteiger partial charge is 0.296 e. The maximum absolute atomic E-state index is 13.0. The summed E-state index contributed by atoms with van der Waals surface area (Å²) in [6.45, 7) is 0.632. The quantitative estimate of drug-likeness (QED) is 0.542. The van der Waals surface area contributed by atoms with Crippen LogP contribution in [0.2, 0.25) is 0 Å². The van der Waals surface area contributed by atoms with Gasteiger partial charge >= 0.3 is 6.18 Å². The van der Waals surface area contributed by atoms with Crippen molar-refractivity contribution in [1.29, 1.82) is 0 Å². The number of rotatable bonds is 3. The topological polar surface area (TPSA) is 76.3 Å². The molecule has 3 aromatic rings. The Hall–Kier alpha value is -3.49. The number of benzene rings is 2. The van der Waals surface area contributed by atoms with Crippen LogP contribution in [0, 0.1) is 0 Å². The minimum atomic E-state index is -4.52. The van der Waals surface area contributed by atoms with E-state index in [0.29, 0.717) is 29.7 Å². The van der Waals surface area contributed by atoms with E-state index in [1.165, 1.54) is 36.4 Å². The van der Waals surface area contributed by atoms with Gasteiger partial charge in [-0.2, -0.15) is 18.3 Å². The van der Waals surface area contributed by atoms with Gasteiger partial charge in [-0.05, 0) is 30.7 Å². The first-order chi connectivity index (χ1) is 13.8. The first-order valence-electron chi connectivity index (χ1n) is 8.88. The zero-order chi connectivity index (χ0) is 20.6. The number of nitrogens with one attached hydrogen (secondary N) is 1. The highest BCUT2D eigenvalue weighted by molar-refractivity contribution is 5.98. The minimum Gasteiger partial charge on any atom is -0.296 e. The van der Waals surface area contributed by atoms with Gasteiger partial charge in [0.1, 0.15) is 5.82 Å². The zero-order valence-corrected chi connectivity index (χ0v) is 15.0. The monoisotopic (exact) mass is 400 g/mol. The predicted molar refractivity (Wildman–Crippen MR) is 101 cm³/mol. The number of aromatic nitrogens is 2. The lowest BCUT2D eigenvalue weighted by Gasteiger charge is -2.09. The second-order valence-corrected chi connectivity index (χ2v) is 6.60. The third kappa shape index (κ3) is 3.63. The summed E-state index contributed by atoms with van der Waals surface area (Å²) in [4.78, 5) is 29.2. The van der Waals surface area contributed by atoms with E-state index in [-0.39, 0.29) is 16.7 Å². The Labute approximate surface area is 162 Å². The van der Waals surface area contributed by atoms with Crippen molar-refractivity contribution >= 4 is 23.0 Å².